The van der Waals surface area contributed by atoms with E-state index in [2.05, 4.69) is 10.4 Å². The number of carbonyl (C=O) groups is 1. The van der Waals surface area contributed by atoms with E-state index in [1.165, 1.54) is 5.01 Å². The fourth-order valence-corrected chi connectivity index (χ4v) is 3.22. The number of hydrogen-bond acceptors (Lipinski definition) is 5. The number of hydrogen-bond donors (Lipinski definition) is 3. The van der Waals surface area contributed by atoms with E-state index in [4.69, 9.17) is 0 Å². The monoisotopic (exact) mass is 373 g/mol. The Hall–Kier alpha value is -3.80. The summed E-state index contributed by atoms with van der Waals surface area (Å²) in [6.07, 6.45) is -0.552. The highest BCUT2D eigenvalue weighted by atomic mass is 16.3. The van der Waals surface area contributed by atoms with Crippen molar-refractivity contribution in [1.82, 2.24) is 5.01 Å². The molecule has 0 saturated carbocycles. The van der Waals surface area contributed by atoms with Crippen molar-refractivity contribution in [2.24, 2.45) is 5.10 Å². The van der Waals surface area contributed by atoms with Gasteiger partial charge in [-0.1, -0.05) is 36.4 Å². The van der Waals surface area contributed by atoms with Crippen LogP contribution in [0.1, 0.15) is 34.6 Å². The number of benzene rings is 3. The minimum atomic E-state index is -0.552. The second-order valence-electron chi connectivity index (χ2n) is 6.54. The molecule has 0 spiro atoms. The van der Waals surface area contributed by atoms with Crippen molar-refractivity contribution in [3.63, 3.8) is 0 Å². The molecule has 1 aliphatic rings. The van der Waals surface area contributed by atoms with Gasteiger partial charge in [0.25, 0.3) is 5.91 Å². The largest absolute Gasteiger partial charge is 0.508 e. The number of rotatable bonds is 3. The Kier molecular flexibility index (Phi) is 4.45. The molecule has 0 saturated heterocycles. The lowest BCUT2D eigenvalue weighted by atomic mass is 10.0. The summed E-state index contributed by atoms with van der Waals surface area (Å²) in [5.74, 6) is -0.00308. The van der Waals surface area contributed by atoms with Crippen LogP contribution in [0.3, 0.4) is 0 Å². The Bertz CT molecular complexity index is 1060. The highest BCUT2D eigenvalue weighted by Crippen LogP contribution is 2.34. The van der Waals surface area contributed by atoms with Gasteiger partial charge in [0, 0.05) is 11.3 Å². The maximum Gasteiger partial charge on any atom is 0.278 e. The SMILES string of the molecule is CC(=NN1C(=O)c2ccccc2NC1c1ccc(O)cc1)c1ccccc1O. The van der Waals surface area contributed by atoms with Crippen molar-refractivity contribution in [3.05, 3.63) is 89.5 Å². The average molecular weight is 373 g/mol. The van der Waals surface area contributed by atoms with Crippen LogP contribution in [0.5, 0.6) is 11.5 Å². The smallest absolute Gasteiger partial charge is 0.278 e. The lowest BCUT2D eigenvalue weighted by Gasteiger charge is -2.35. The second-order valence-corrected chi connectivity index (χ2v) is 6.54. The first-order chi connectivity index (χ1) is 13.5. The molecule has 6 nitrogen and oxygen atoms in total. The molecule has 1 aliphatic heterocycles. The predicted molar refractivity (Wildman–Crippen MR) is 107 cm³/mol. The Morgan fingerprint density at radius 1 is 0.964 bits per heavy atom. The summed E-state index contributed by atoms with van der Waals surface area (Å²) in [7, 11) is 0. The van der Waals surface area contributed by atoms with Gasteiger partial charge in [-0.25, -0.2) is 5.01 Å². The van der Waals surface area contributed by atoms with Crippen LogP contribution in [0.15, 0.2) is 77.9 Å². The number of phenolic OH excluding ortho intramolecular Hbond substituents is 2. The normalized spacial score (nSPS) is 16.5. The Morgan fingerprint density at radius 3 is 2.39 bits per heavy atom. The molecule has 1 heterocycles. The lowest BCUT2D eigenvalue weighted by molar-refractivity contribution is 0.0689. The molecule has 4 rings (SSSR count). The van der Waals surface area contributed by atoms with E-state index in [-0.39, 0.29) is 17.4 Å². The molecule has 0 fully saturated rings. The van der Waals surface area contributed by atoms with Crippen LogP contribution in [0.2, 0.25) is 0 Å². The Balaban J connectivity index is 1.81. The maximum atomic E-state index is 13.2. The molecular formula is C22H19N3O3. The number of nitrogens with one attached hydrogen (secondary N) is 1. The van der Waals surface area contributed by atoms with Crippen LogP contribution in [0, 0.1) is 0 Å². The van der Waals surface area contributed by atoms with Gasteiger partial charge in [0.2, 0.25) is 0 Å². The summed E-state index contributed by atoms with van der Waals surface area (Å²) in [5, 5.41) is 29.0. The maximum absolute atomic E-state index is 13.2. The topological polar surface area (TPSA) is 85.2 Å². The number of para-hydroxylation sites is 2. The zero-order valence-corrected chi connectivity index (χ0v) is 15.2. The number of carbonyl (C=O) groups excluding carboxylic acids is 1. The van der Waals surface area contributed by atoms with E-state index in [1.54, 1.807) is 67.6 Å². The van der Waals surface area contributed by atoms with Crippen LogP contribution in [0.25, 0.3) is 0 Å². The lowest BCUT2D eigenvalue weighted by Crippen LogP contribution is -2.40. The standard InChI is InChI=1S/C22H19N3O3/c1-14(17-6-3-5-9-20(17)27)24-25-21(15-10-12-16(26)13-11-15)23-19-8-4-2-7-18(19)22(25)28/h2-13,21,23,26-27H,1H3. The van der Waals surface area contributed by atoms with Crippen LogP contribution < -0.4 is 5.32 Å². The highest BCUT2D eigenvalue weighted by molar-refractivity contribution is 6.05. The van der Waals surface area contributed by atoms with Crippen LogP contribution >= 0.6 is 0 Å². The average Bonchev–Trinajstić information content (AvgIpc) is 2.71. The third kappa shape index (κ3) is 3.16. The molecule has 3 aromatic rings. The molecule has 140 valence electrons. The van der Waals surface area contributed by atoms with Crippen molar-refractivity contribution < 1.29 is 15.0 Å². The number of amides is 1. The third-order valence-electron chi connectivity index (χ3n) is 4.66. The van der Waals surface area contributed by atoms with Crippen molar-refractivity contribution in [2.75, 3.05) is 5.32 Å². The highest BCUT2D eigenvalue weighted by Gasteiger charge is 2.33. The molecule has 28 heavy (non-hydrogen) atoms. The minimum absolute atomic E-state index is 0.0998. The fourth-order valence-electron chi connectivity index (χ4n) is 3.22. The van der Waals surface area contributed by atoms with Crippen LogP contribution in [0.4, 0.5) is 5.69 Å². The summed E-state index contributed by atoms with van der Waals surface area (Å²) in [6, 6.07) is 20.7. The Labute approximate surface area is 162 Å². The van der Waals surface area contributed by atoms with Gasteiger partial charge < -0.3 is 15.5 Å². The van der Waals surface area contributed by atoms with Crippen molar-refractivity contribution >= 4 is 17.3 Å². The number of nitrogens with zero attached hydrogens (tertiary/aromatic N) is 2. The number of fused-ring (bicyclic) bond motifs is 1. The van der Waals surface area contributed by atoms with Crippen molar-refractivity contribution in [1.29, 1.82) is 0 Å². The fraction of sp³-hybridized carbons (Fsp3) is 0.0909. The first kappa shape index (κ1) is 17.6. The second kappa shape index (κ2) is 7.08. The zero-order chi connectivity index (χ0) is 19.7. The zero-order valence-electron chi connectivity index (χ0n) is 15.2. The molecule has 3 aromatic carbocycles. The summed E-state index contributed by atoms with van der Waals surface area (Å²) < 4.78 is 0. The van der Waals surface area contributed by atoms with Gasteiger partial charge in [-0.2, -0.15) is 5.10 Å². The summed E-state index contributed by atoms with van der Waals surface area (Å²) in [4.78, 5) is 13.2. The van der Waals surface area contributed by atoms with E-state index < -0.39 is 6.17 Å². The van der Waals surface area contributed by atoms with Gasteiger partial charge in [-0.05, 0) is 48.9 Å². The molecule has 1 atom stereocenters. The molecule has 3 N–H and O–H groups in total. The van der Waals surface area contributed by atoms with Gasteiger partial charge >= 0.3 is 0 Å². The molecule has 6 heteroatoms. The molecule has 0 bridgehead atoms. The first-order valence-electron chi connectivity index (χ1n) is 8.86. The summed E-state index contributed by atoms with van der Waals surface area (Å²) in [5.41, 5.74) is 3.08. The summed E-state index contributed by atoms with van der Waals surface area (Å²) >= 11 is 0. The number of phenols is 2. The minimum Gasteiger partial charge on any atom is -0.508 e. The number of hydrazone groups is 1. The summed E-state index contributed by atoms with van der Waals surface area (Å²) in [6.45, 7) is 1.75. The van der Waals surface area contributed by atoms with Gasteiger partial charge in [-0.15, -0.1) is 0 Å². The number of aromatic hydroxyl groups is 2. The molecule has 1 amide bonds. The van der Waals surface area contributed by atoms with E-state index in [0.29, 0.717) is 16.8 Å². The molecule has 0 radical (unpaired) electrons. The molecule has 0 aliphatic carbocycles. The molecular weight excluding hydrogens is 354 g/mol. The van der Waals surface area contributed by atoms with Gasteiger partial charge in [-0.3, -0.25) is 4.79 Å². The van der Waals surface area contributed by atoms with Crippen LogP contribution in [-0.4, -0.2) is 26.8 Å². The van der Waals surface area contributed by atoms with E-state index in [9.17, 15) is 15.0 Å². The van der Waals surface area contributed by atoms with Crippen molar-refractivity contribution in [3.8, 4) is 11.5 Å². The van der Waals surface area contributed by atoms with Crippen molar-refractivity contribution in [2.45, 2.75) is 13.1 Å². The van der Waals surface area contributed by atoms with Gasteiger partial charge in [0.15, 0.2) is 6.17 Å². The third-order valence-corrected chi connectivity index (χ3v) is 4.66. The first-order valence-corrected chi connectivity index (χ1v) is 8.86. The molecule has 0 aromatic heterocycles. The number of anilines is 1. The van der Waals surface area contributed by atoms with Gasteiger partial charge in [0.05, 0.1) is 11.3 Å². The Morgan fingerprint density at radius 2 is 1.64 bits per heavy atom. The van der Waals surface area contributed by atoms with E-state index in [1.807, 2.05) is 12.1 Å². The van der Waals surface area contributed by atoms with E-state index in [0.717, 1.165) is 11.3 Å². The van der Waals surface area contributed by atoms with E-state index >= 15 is 0 Å². The molecule has 1 unspecified atom stereocenters. The quantitative estimate of drug-likeness (QED) is 0.604. The van der Waals surface area contributed by atoms with Gasteiger partial charge in [0.1, 0.15) is 11.5 Å². The van der Waals surface area contributed by atoms with Crippen LogP contribution in [-0.2, 0) is 0 Å². The predicted octanol–water partition coefficient (Wildman–Crippen LogP) is 4.09.